The predicted octanol–water partition coefficient (Wildman–Crippen LogP) is 3.98. The molecule has 0 radical (unpaired) electrons. The molecule has 3 atom stereocenters. The van der Waals surface area contributed by atoms with E-state index in [1.807, 2.05) is 48.5 Å². The van der Waals surface area contributed by atoms with Crippen molar-refractivity contribution in [2.45, 2.75) is 31.7 Å². The lowest BCUT2D eigenvalue weighted by atomic mass is 9.97. The minimum absolute atomic E-state index is 0.189. The van der Waals surface area contributed by atoms with Gasteiger partial charge < -0.3 is 0 Å². The number of aromatic nitrogens is 3. The number of para-hydroxylation sites is 1. The maximum atomic E-state index is 13.5. The van der Waals surface area contributed by atoms with E-state index in [9.17, 15) is 9.59 Å². The molecule has 7 heteroatoms. The molecule has 3 heterocycles. The van der Waals surface area contributed by atoms with Gasteiger partial charge in [0, 0.05) is 5.56 Å². The Balaban J connectivity index is 1.70. The minimum Gasteiger partial charge on any atom is -0.245 e. The molecule has 0 bridgehead atoms. The van der Waals surface area contributed by atoms with Gasteiger partial charge in [-0.2, -0.15) is 0 Å². The van der Waals surface area contributed by atoms with Crippen LogP contribution in [0.25, 0.3) is 5.69 Å². The molecule has 2 aromatic carbocycles. The van der Waals surface area contributed by atoms with E-state index in [1.165, 1.54) is 16.3 Å². The Kier molecular flexibility index (Phi) is 4.62. The molecule has 0 fully saturated rings. The van der Waals surface area contributed by atoms with E-state index < -0.39 is 0 Å². The second-order valence-corrected chi connectivity index (χ2v) is 8.72. The van der Waals surface area contributed by atoms with Crippen LogP contribution < -0.4 is 11.4 Å². The quantitative estimate of drug-likeness (QED) is 0.644. The number of fused-ring (bicyclic) bond motifs is 3. The Morgan fingerprint density at radius 1 is 0.967 bits per heavy atom. The Labute approximate surface area is 178 Å². The molecule has 0 spiro atoms. The number of rotatable bonds is 4. The Morgan fingerprint density at radius 3 is 2.27 bits per heavy atom. The fourth-order valence-electron chi connectivity index (χ4n) is 4.02. The number of aliphatic imine (C=N–C) groups is 1. The molecule has 0 saturated carbocycles. The largest absolute Gasteiger partial charge is 0.353 e. The van der Waals surface area contributed by atoms with Crippen molar-refractivity contribution in [2.24, 2.45) is 10.9 Å². The third kappa shape index (κ3) is 2.84. The van der Waals surface area contributed by atoms with Gasteiger partial charge in [-0.3, -0.25) is 0 Å². The molecule has 1 aromatic heterocycles. The van der Waals surface area contributed by atoms with Gasteiger partial charge in [-0.05, 0) is 24.1 Å². The molecule has 0 unspecified atom stereocenters. The van der Waals surface area contributed by atoms with Crippen LogP contribution in [0.3, 0.4) is 0 Å². The van der Waals surface area contributed by atoms with Crippen molar-refractivity contribution >= 4 is 16.8 Å². The normalized spacial score (nSPS) is 20.9. The maximum absolute atomic E-state index is 13.5. The SMILES string of the molecule is CC[C@H](C)[C@@H]1C=C2N=C(c3ccccc3)S[C@@H]2n2c(=O)n(-c3ccccc3)c(=O)n21. The van der Waals surface area contributed by atoms with E-state index in [1.54, 1.807) is 21.5 Å². The van der Waals surface area contributed by atoms with Crippen LogP contribution in [-0.2, 0) is 0 Å². The summed E-state index contributed by atoms with van der Waals surface area (Å²) in [4.78, 5) is 31.8. The summed E-state index contributed by atoms with van der Waals surface area (Å²) in [5.41, 5.74) is 1.81. The molecule has 30 heavy (non-hydrogen) atoms. The van der Waals surface area contributed by atoms with E-state index in [-0.39, 0.29) is 28.7 Å². The number of nitrogens with zero attached hydrogens (tertiary/aromatic N) is 4. The molecule has 0 saturated heterocycles. The lowest BCUT2D eigenvalue weighted by Gasteiger charge is -2.29. The van der Waals surface area contributed by atoms with Gasteiger partial charge in [0.1, 0.15) is 10.4 Å². The third-order valence-corrected chi connectivity index (χ3v) is 7.04. The summed E-state index contributed by atoms with van der Waals surface area (Å²) in [6.07, 6.45) is 2.95. The smallest absolute Gasteiger partial charge is 0.245 e. The Hall–Kier alpha value is -3.06. The monoisotopic (exact) mass is 418 g/mol. The van der Waals surface area contributed by atoms with Crippen LogP contribution in [0.15, 0.2) is 87.0 Å². The van der Waals surface area contributed by atoms with Gasteiger partial charge in [0.15, 0.2) is 0 Å². The minimum atomic E-state index is -0.342. The van der Waals surface area contributed by atoms with Gasteiger partial charge in [0.2, 0.25) is 0 Å². The highest BCUT2D eigenvalue weighted by Gasteiger charge is 2.39. The molecule has 2 aliphatic rings. The predicted molar refractivity (Wildman–Crippen MR) is 120 cm³/mol. The number of thioether (sulfide) groups is 1. The van der Waals surface area contributed by atoms with Crippen LogP contribution in [0.5, 0.6) is 0 Å². The first-order chi connectivity index (χ1) is 14.6. The second-order valence-electron chi connectivity index (χ2n) is 7.65. The molecule has 0 aliphatic carbocycles. The van der Waals surface area contributed by atoms with E-state index in [4.69, 9.17) is 4.99 Å². The zero-order chi connectivity index (χ0) is 20.8. The van der Waals surface area contributed by atoms with Crippen LogP contribution in [0.2, 0.25) is 0 Å². The van der Waals surface area contributed by atoms with Crippen molar-refractivity contribution in [3.05, 3.63) is 99.0 Å². The van der Waals surface area contributed by atoms with Crippen LogP contribution in [0.4, 0.5) is 0 Å². The van der Waals surface area contributed by atoms with Gasteiger partial charge in [0.05, 0.1) is 17.4 Å². The summed E-state index contributed by atoms with van der Waals surface area (Å²) in [7, 11) is 0. The molecule has 0 amide bonds. The van der Waals surface area contributed by atoms with Crippen molar-refractivity contribution in [1.82, 2.24) is 13.9 Å². The van der Waals surface area contributed by atoms with Crippen LogP contribution >= 0.6 is 11.8 Å². The van der Waals surface area contributed by atoms with Gasteiger partial charge >= 0.3 is 11.4 Å². The summed E-state index contributed by atoms with van der Waals surface area (Å²) in [5, 5.41) is 0.528. The first kappa shape index (κ1) is 18.9. The van der Waals surface area contributed by atoms with Crippen LogP contribution in [0.1, 0.15) is 37.2 Å². The highest BCUT2D eigenvalue weighted by atomic mass is 32.2. The molecule has 3 aromatic rings. The van der Waals surface area contributed by atoms with Crippen molar-refractivity contribution in [3.8, 4) is 5.69 Å². The molecule has 6 nitrogen and oxygen atoms in total. The van der Waals surface area contributed by atoms with Crippen molar-refractivity contribution in [3.63, 3.8) is 0 Å². The topological polar surface area (TPSA) is 61.3 Å². The first-order valence-electron chi connectivity index (χ1n) is 10.1. The van der Waals surface area contributed by atoms with E-state index in [0.29, 0.717) is 5.69 Å². The molecule has 2 aliphatic heterocycles. The fraction of sp³-hybridized carbons (Fsp3) is 0.261. The van der Waals surface area contributed by atoms with E-state index in [2.05, 4.69) is 19.9 Å². The van der Waals surface area contributed by atoms with Crippen molar-refractivity contribution in [2.75, 3.05) is 0 Å². The third-order valence-electron chi connectivity index (χ3n) is 5.82. The van der Waals surface area contributed by atoms with Gasteiger partial charge in [-0.1, -0.05) is 80.6 Å². The van der Waals surface area contributed by atoms with Gasteiger partial charge in [-0.25, -0.2) is 28.5 Å². The molecular formula is C23H22N4O2S. The number of hydrogen-bond donors (Lipinski definition) is 0. The molecule has 5 rings (SSSR count). The molecule has 152 valence electrons. The average molecular weight is 419 g/mol. The molecular weight excluding hydrogens is 396 g/mol. The lowest BCUT2D eigenvalue weighted by molar-refractivity contribution is 0.302. The summed E-state index contributed by atoms with van der Waals surface area (Å²) >= 11 is 1.51. The van der Waals surface area contributed by atoms with Crippen LogP contribution in [-0.4, -0.2) is 19.0 Å². The fourth-order valence-corrected chi connectivity index (χ4v) is 5.20. The number of hydrogen-bond acceptors (Lipinski definition) is 4. The second kappa shape index (κ2) is 7.32. The Bertz CT molecular complexity index is 1270. The van der Waals surface area contributed by atoms with Crippen molar-refractivity contribution in [1.29, 1.82) is 0 Å². The highest BCUT2D eigenvalue weighted by Crippen LogP contribution is 2.44. The summed E-state index contributed by atoms with van der Waals surface area (Å²) in [5.74, 6) is 0.189. The molecule has 0 N–H and O–H groups in total. The zero-order valence-corrected chi connectivity index (χ0v) is 17.6. The van der Waals surface area contributed by atoms with Gasteiger partial charge in [0.25, 0.3) is 0 Å². The highest BCUT2D eigenvalue weighted by molar-refractivity contribution is 8.14. The summed E-state index contributed by atoms with van der Waals surface area (Å²) in [6.45, 7) is 4.20. The standard InChI is InChI=1S/C23H22N4O2S/c1-3-15(2)19-14-18-21(30-20(24-18)16-10-6-4-7-11-16)27-23(29)25(22(28)26(19)27)17-12-8-5-9-13-17/h4-15,19,21H,3H2,1-2H3/t15-,19-,21-/m0/s1. The number of benzene rings is 2. The summed E-state index contributed by atoms with van der Waals surface area (Å²) < 4.78 is 4.51. The van der Waals surface area contributed by atoms with Crippen LogP contribution in [0, 0.1) is 5.92 Å². The zero-order valence-electron chi connectivity index (χ0n) is 16.8. The Morgan fingerprint density at radius 2 is 1.60 bits per heavy atom. The van der Waals surface area contributed by atoms with Gasteiger partial charge in [-0.15, -0.1) is 0 Å². The van der Waals surface area contributed by atoms with Crippen molar-refractivity contribution < 1.29 is 0 Å². The van der Waals surface area contributed by atoms with E-state index in [0.717, 1.165) is 22.7 Å². The number of allylic oxidation sites excluding steroid dienone is 1. The average Bonchev–Trinajstić information content (AvgIpc) is 3.32. The maximum Gasteiger partial charge on any atom is 0.353 e. The first-order valence-corrected chi connectivity index (χ1v) is 11.0. The van der Waals surface area contributed by atoms with E-state index >= 15 is 0 Å². The summed E-state index contributed by atoms with van der Waals surface area (Å²) in [6, 6.07) is 18.8. The lowest BCUT2D eigenvalue weighted by Crippen LogP contribution is -2.37.